The fourth-order valence-electron chi connectivity index (χ4n) is 2.26. The van der Waals surface area contributed by atoms with Gasteiger partial charge in [-0.2, -0.15) is 0 Å². The Morgan fingerprint density at radius 3 is 2.86 bits per heavy atom. The third-order valence-corrected chi connectivity index (χ3v) is 4.58. The van der Waals surface area contributed by atoms with E-state index in [0.29, 0.717) is 0 Å². The summed E-state index contributed by atoms with van der Waals surface area (Å²) < 4.78 is 1.90. The van der Waals surface area contributed by atoms with E-state index in [1.165, 1.54) is 0 Å². The molecule has 2 heterocycles. The third kappa shape index (κ3) is 3.23. The molecule has 1 atom stereocenters. The zero-order valence-corrected chi connectivity index (χ0v) is 13.5. The summed E-state index contributed by atoms with van der Waals surface area (Å²) in [6.07, 6.45) is 1.81. The maximum atomic E-state index is 4.74. The molecular weight excluding hydrogens is 294 g/mol. The minimum Gasteiger partial charge on any atom is -0.302 e. The van der Waals surface area contributed by atoms with Gasteiger partial charge in [0.05, 0.1) is 23.6 Å². The third-order valence-electron chi connectivity index (χ3n) is 3.55. The van der Waals surface area contributed by atoms with Crippen molar-refractivity contribution in [3.8, 4) is 11.3 Å². The van der Waals surface area contributed by atoms with E-state index in [4.69, 9.17) is 4.98 Å². The normalized spacial score (nSPS) is 12.5. The van der Waals surface area contributed by atoms with Crippen LogP contribution < -0.4 is 5.32 Å². The average molecular weight is 313 g/mol. The van der Waals surface area contributed by atoms with Crippen LogP contribution in [0.15, 0.2) is 41.9 Å². The Hall–Kier alpha value is -2.05. The van der Waals surface area contributed by atoms with Gasteiger partial charge in [0.1, 0.15) is 5.01 Å². The molecule has 0 saturated heterocycles. The SMILES string of the molecule is CCn1nncc1CNC(C)c1nc(-c2ccccc2)cs1. The molecule has 0 aliphatic heterocycles. The van der Waals surface area contributed by atoms with Crippen molar-refractivity contribution in [2.24, 2.45) is 0 Å². The van der Waals surface area contributed by atoms with Crippen molar-refractivity contribution in [3.05, 3.63) is 52.6 Å². The molecule has 22 heavy (non-hydrogen) atoms. The minimum absolute atomic E-state index is 0.197. The number of nitrogens with zero attached hydrogens (tertiary/aromatic N) is 4. The molecule has 0 radical (unpaired) electrons. The lowest BCUT2D eigenvalue weighted by atomic mass is 10.2. The van der Waals surface area contributed by atoms with Crippen LogP contribution in [-0.2, 0) is 13.1 Å². The second-order valence-corrected chi connectivity index (χ2v) is 5.97. The Morgan fingerprint density at radius 1 is 1.27 bits per heavy atom. The molecule has 3 aromatic rings. The first kappa shape index (κ1) is 14.9. The Balaban J connectivity index is 1.66. The Labute approximate surface area is 134 Å². The second-order valence-electron chi connectivity index (χ2n) is 5.08. The summed E-state index contributed by atoms with van der Waals surface area (Å²) in [7, 11) is 0. The van der Waals surface area contributed by atoms with Crippen molar-refractivity contribution in [3.63, 3.8) is 0 Å². The smallest absolute Gasteiger partial charge is 0.110 e. The number of hydrogen-bond acceptors (Lipinski definition) is 5. The van der Waals surface area contributed by atoms with Gasteiger partial charge in [-0.15, -0.1) is 16.4 Å². The standard InChI is InChI=1S/C16H19N5S/c1-3-21-14(10-18-20-21)9-17-12(2)16-19-15(11-22-16)13-7-5-4-6-8-13/h4-8,10-12,17H,3,9H2,1-2H3. The Bertz CT molecular complexity index is 719. The molecule has 0 saturated carbocycles. The van der Waals surface area contributed by atoms with Crippen molar-refractivity contribution in [1.29, 1.82) is 0 Å². The molecule has 6 heteroatoms. The van der Waals surface area contributed by atoms with Crippen molar-refractivity contribution in [2.75, 3.05) is 0 Å². The number of aryl methyl sites for hydroxylation is 1. The Morgan fingerprint density at radius 2 is 2.09 bits per heavy atom. The Kier molecular flexibility index (Phi) is 4.60. The highest BCUT2D eigenvalue weighted by atomic mass is 32.1. The summed E-state index contributed by atoms with van der Waals surface area (Å²) >= 11 is 1.69. The highest BCUT2D eigenvalue weighted by Gasteiger charge is 2.12. The first-order valence-electron chi connectivity index (χ1n) is 7.39. The molecule has 2 aromatic heterocycles. The molecule has 0 aliphatic carbocycles. The van der Waals surface area contributed by atoms with Crippen LogP contribution >= 0.6 is 11.3 Å². The van der Waals surface area contributed by atoms with E-state index in [1.807, 2.05) is 22.9 Å². The van der Waals surface area contributed by atoms with Crippen molar-refractivity contribution >= 4 is 11.3 Å². The number of thiazole rings is 1. The summed E-state index contributed by atoms with van der Waals surface area (Å²) in [4.78, 5) is 4.74. The summed E-state index contributed by atoms with van der Waals surface area (Å²) in [5.74, 6) is 0. The van der Waals surface area contributed by atoms with Gasteiger partial charge in [0, 0.05) is 24.0 Å². The summed E-state index contributed by atoms with van der Waals surface area (Å²) in [5.41, 5.74) is 3.29. The quantitative estimate of drug-likeness (QED) is 0.759. The zero-order valence-electron chi connectivity index (χ0n) is 12.7. The topological polar surface area (TPSA) is 55.6 Å². The number of hydrogen-bond donors (Lipinski definition) is 1. The maximum Gasteiger partial charge on any atom is 0.110 e. The van der Waals surface area contributed by atoms with Crippen LogP contribution in [0.3, 0.4) is 0 Å². The van der Waals surface area contributed by atoms with Gasteiger partial charge in [0.25, 0.3) is 0 Å². The van der Waals surface area contributed by atoms with Crippen molar-refractivity contribution < 1.29 is 0 Å². The molecule has 1 unspecified atom stereocenters. The highest BCUT2D eigenvalue weighted by Crippen LogP contribution is 2.25. The van der Waals surface area contributed by atoms with E-state index < -0.39 is 0 Å². The van der Waals surface area contributed by atoms with Gasteiger partial charge in [-0.05, 0) is 13.8 Å². The van der Waals surface area contributed by atoms with Crippen LogP contribution in [0.4, 0.5) is 0 Å². The van der Waals surface area contributed by atoms with Crippen LogP contribution in [0.2, 0.25) is 0 Å². The van der Waals surface area contributed by atoms with Crippen molar-refractivity contribution in [2.45, 2.75) is 33.0 Å². The van der Waals surface area contributed by atoms with E-state index in [-0.39, 0.29) is 6.04 Å². The van der Waals surface area contributed by atoms with Crippen LogP contribution in [0.1, 0.15) is 30.6 Å². The van der Waals surface area contributed by atoms with E-state index >= 15 is 0 Å². The van der Waals surface area contributed by atoms with Gasteiger partial charge in [-0.25, -0.2) is 9.67 Å². The fraction of sp³-hybridized carbons (Fsp3) is 0.312. The molecule has 1 aromatic carbocycles. The second kappa shape index (κ2) is 6.81. The number of rotatable bonds is 6. The monoisotopic (exact) mass is 313 g/mol. The molecule has 1 N–H and O–H groups in total. The van der Waals surface area contributed by atoms with Crippen LogP contribution in [0.25, 0.3) is 11.3 Å². The largest absolute Gasteiger partial charge is 0.302 e. The van der Waals surface area contributed by atoms with Gasteiger partial charge in [0.15, 0.2) is 0 Å². The lowest BCUT2D eigenvalue weighted by molar-refractivity contribution is 0.526. The van der Waals surface area contributed by atoms with Gasteiger partial charge < -0.3 is 5.32 Å². The van der Waals surface area contributed by atoms with Gasteiger partial charge in [0.2, 0.25) is 0 Å². The minimum atomic E-state index is 0.197. The summed E-state index contributed by atoms with van der Waals surface area (Å²) in [6.45, 7) is 5.77. The lowest BCUT2D eigenvalue weighted by Crippen LogP contribution is -2.20. The van der Waals surface area contributed by atoms with Crippen LogP contribution in [-0.4, -0.2) is 20.0 Å². The van der Waals surface area contributed by atoms with E-state index in [1.54, 1.807) is 17.5 Å². The molecule has 0 aliphatic rings. The van der Waals surface area contributed by atoms with E-state index in [2.05, 4.69) is 47.0 Å². The molecule has 0 fully saturated rings. The van der Waals surface area contributed by atoms with Gasteiger partial charge >= 0.3 is 0 Å². The molecule has 0 spiro atoms. The van der Waals surface area contributed by atoms with Gasteiger partial charge in [-0.1, -0.05) is 35.5 Å². The summed E-state index contributed by atoms with van der Waals surface area (Å²) in [6, 6.07) is 10.5. The first-order valence-corrected chi connectivity index (χ1v) is 8.27. The highest BCUT2D eigenvalue weighted by molar-refractivity contribution is 7.10. The zero-order chi connectivity index (χ0) is 15.4. The predicted octanol–water partition coefficient (Wildman–Crippen LogP) is 3.27. The van der Waals surface area contributed by atoms with Crippen LogP contribution in [0, 0.1) is 0 Å². The van der Waals surface area contributed by atoms with Gasteiger partial charge in [-0.3, -0.25) is 0 Å². The number of aromatic nitrogens is 4. The number of benzene rings is 1. The molecule has 3 rings (SSSR count). The predicted molar refractivity (Wildman–Crippen MR) is 88.5 cm³/mol. The van der Waals surface area contributed by atoms with Crippen molar-refractivity contribution in [1.82, 2.24) is 25.3 Å². The van der Waals surface area contributed by atoms with E-state index in [0.717, 1.165) is 35.0 Å². The average Bonchev–Trinajstić information content (AvgIpc) is 3.22. The fourth-order valence-corrected chi connectivity index (χ4v) is 3.11. The van der Waals surface area contributed by atoms with Crippen LogP contribution in [0.5, 0.6) is 0 Å². The molecule has 114 valence electrons. The summed E-state index contributed by atoms with van der Waals surface area (Å²) in [5, 5.41) is 14.7. The van der Waals surface area contributed by atoms with E-state index in [9.17, 15) is 0 Å². The molecule has 0 bridgehead atoms. The molecule has 0 amide bonds. The first-order chi connectivity index (χ1) is 10.8. The maximum absolute atomic E-state index is 4.74. The molecule has 5 nitrogen and oxygen atoms in total. The lowest BCUT2D eigenvalue weighted by Gasteiger charge is -2.11. The molecular formula is C16H19N5S. The number of nitrogens with one attached hydrogen (secondary N) is 1.